The zero-order valence-electron chi connectivity index (χ0n) is 8.31. The van der Waals surface area contributed by atoms with E-state index in [-0.39, 0.29) is 0 Å². The van der Waals surface area contributed by atoms with E-state index >= 15 is 0 Å². The lowest BCUT2D eigenvalue weighted by Gasteiger charge is -2.20. The molecule has 0 aromatic carbocycles. The number of nitrogens with two attached hydrogens (primary N) is 1. The second-order valence-corrected chi connectivity index (χ2v) is 3.09. The van der Waals surface area contributed by atoms with Gasteiger partial charge in [-0.05, 0) is 13.0 Å². The summed E-state index contributed by atoms with van der Waals surface area (Å²) in [7, 11) is 0. The lowest BCUT2D eigenvalue weighted by molar-refractivity contribution is -0.206. The van der Waals surface area contributed by atoms with Crippen LogP contribution >= 0.6 is 0 Å². The molecule has 2 N–H and O–H groups in total. The molecule has 0 amide bonds. The third kappa shape index (κ3) is 2.96. The van der Waals surface area contributed by atoms with Gasteiger partial charge in [0.25, 0.3) is 0 Å². The van der Waals surface area contributed by atoms with Gasteiger partial charge in [0.2, 0.25) is 0 Å². The van der Waals surface area contributed by atoms with Crippen LogP contribution in [0.4, 0.5) is 13.2 Å². The van der Waals surface area contributed by atoms with Crippen molar-refractivity contribution in [1.82, 2.24) is 9.78 Å². The highest BCUT2D eigenvalue weighted by molar-refractivity contribution is 5.75. The molecule has 5 nitrogen and oxygen atoms in total. The zero-order chi connectivity index (χ0) is 12.3. The molecule has 0 saturated heterocycles. The number of aromatic nitrogens is 2. The largest absolute Gasteiger partial charge is 0.490 e. The molecule has 1 aromatic rings. The Morgan fingerprint density at radius 2 is 2.19 bits per heavy atom. The van der Waals surface area contributed by atoms with Gasteiger partial charge in [-0.25, -0.2) is 4.79 Å². The van der Waals surface area contributed by atoms with Crippen molar-refractivity contribution in [1.29, 1.82) is 0 Å². The smallest absolute Gasteiger partial charge is 0.438 e. The molecule has 16 heavy (non-hydrogen) atoms. The summed E-state index contributed by atoms with van der Waals surface area (Å²) in [6.45, 7) is 1.49. The molecule has 8 heteroatoms. The van der Waals surface area contributed by atoms with E-state index < -0.39 is 24.4 Å². The molecule has 0 aliphatic rings. The molecular weight excluding hydrogens is 227 g/mol. The first-order chi connectivity index (χ1) is 7.32. The fourth-order valence-electron chi connectivity index (χ4n) is 0.961. The minimum absolute atomic E-state index is 0.679. The predicted molar refractivity (Wildman–Crippen MR) is 47.1 cm³/mol. The summed E-state index contributed by atoms with van der Waals surface area (Å²) < 4.78 is 40.9. The second kappa shape index (κ2) is 4.52. The van der Waals surface area contributed by atoms with Crippen LogP contribution in [0.5, 0.6) is 0 Å². The van der Waals surface area contributed by atoms with Crippen LogP contribution < -0.4 is 5.73 Å². The number of halogens is 3. The summed E-state index contributed by atoms with van der Waals surface area (Å²) in [5, 5.41) is 3.77. The van der Waals surface area contributed by atoms with Crippen molar-refractivity contribution >= 4 is 5.97 Å². The molecular formula is C8H10F3N3O2. The summed E-state index contributed by atoms with van der Waals surface area (Å²) >= 11 is 0. The highest BCUT2D eigenvalue weighted by Gasteiger charge is 2.42. The minimum atomic E-state index is -5.04. The van der Waals surface area contributed by atoms with Crippen molar-refractivity contribution in [2.45, 2.75) is 25.4 Å². The van der Waals surface area contributed by atoms with Gasteiger partial charge in [-0.3, -0.25) is 10.4 Å². The molecule has 1 aromatic heterocycles. The molecule has 2 unspecified atom stereocenters. The predicted octanol–water partition coefficient (Wildman–Crippen LogP) is 0.834. The first-order valence-corrected chi connectivity index (χ1v) is 4.35. The van der Waals surface area contributed by atoms with Crippen LogP contribution in [0, 0.1) is 0 Å². The molecule has 0 aliphatic heterocycles. The summed E-state index contributed by atoms with van der Waals surface area (Å²) in [5.41, 5.74) is 5.30. The van der Waals surface area contributed by atoms with E-state index in [0.717, 1.165) is 0 Å². The van der Waals surface area contributed by atoms with Gasteiger partial charge in [-0.1, -0.05) is 0 Å². The number of esters is 1. The SMILES string of the molecule is CC(C(N)OC(=O)C(F)(F)F)n1cccn1. The van der Waals surface area contributed by atoms with E-state index in [4.69, 9.17) is 5.73 Å². The third-order valence-corrected chi connectivity index (χ3v) is 1.89. The van der Waals surface area contributed by atoms with Crippen molar-refractivity contribution in [3.8, 4) is 0 Å². The Morgan fingerprint density at radius 3 is 2.62 bits per heavy atom. The van der Waals surface area contributed by atoms with E-state index in [1.54, 1.807) is 6.07 Å². The Kier molecular flexibility index (Phi) is 3.53. The number of hydrogen-bond donors (Lipinski definition) is 1. The maximum Gasteiger partial charge on any atom is 0.490 e. The zero-order valence-corrected chi connectivity index (χ0v) is 8.31. The van der Waals surface area contributed by atoms with Crippen molar-refractivity contribution < 1.29 is 22.7 Å². The van der Waals surface area contributed by atoms with Crippen molar-refractivity contribution in [2.75, 3.05) is 0 Å². The number of rotatable bonds is 3. The monoisotopic (exact) mass is 237 g/mol. The van der Waals surface area contributed by atoms with Gasteiger partial charge in [0, 0.05) is 12.4 Å². The van der Waals surface area contributed by atoms with Gasteiger partial charge >= 0.3 is 12.1 Å². The Balaban J connectivity index is 2.59. The van der Waals surface area contributed by atoms with Crippen LogP contribution in [-0.4, -0.2) is 28.2 Å². The number of carbonyl (C=O) groups is 1. The van der Waals surface area contributed by atoms with Gasteiger partial charge in [-0.2, -0.15) is 18.3 Å². The maximum atomic E-state index is 11.9. The van der Waals surface area contributed by atoms with Crippen LogP contribution in [0.2, 0.25) is 0 Å². The number of hydrogen-bond acceptors (Lipinski definition) is 4. The average Bonchev–Trinajstić information content (AvgIpc) is 2.67. The Hall–Kier alpha value is -1.57. The fourth-order valence-corrected chi connectivity index (χ4v) is 0.961. The second-order valence-electron chi connectivity index (χ2n) is 3.09. The van der Waals surface area contributed by atoms with Crippen LogP contribution in [0.3, 0.4) is 0 Å². The number of ether oxygens (including phenoxy) is 1. The summed E-state index contributed by atoms with van der Waals surface area (Å²) in [6, 6.07) is 0.899. The van der Waals surface area contributed by atoms with Gasteiger partial charge in [-0.15, -0.1) is 0 Å². The van der Waals surface area contributed by atoms with Crippen LogP contribution in [0.15, 0.2) is 18.5 Å². The first kappa shape index (κ1) is 12.5. The molecule has 0 spiro atoms. The number of alkyl halides is 3. The van der Waals surface area contributed by atoms with E-state index in [2.05, 4.69) is 9.84 Å². The number of carbonyl (C=O) groups excluding carboxylic acids is 1. The molecule has 0 aliphatic carbocycles. The lowest BCUT2D eigenvalue weighted by Crippen LogP contribution is -2.39. The highest BCUT2D eigenvalue weighted by Crippen LogP contribution is 2.19. The molecule has 90 valence electrons. The van der Waals surface area contributed by atoms with E-state index in [0.29, 0.717) is 0 Å². The first-order valence-electron chi connectivity index (χ1n) is 4.35. The molecule has 0 radical (unpaired) electrons. The van der Waals surface area contributed by atoms with Crippen LogP contribution in [-0.2, 0) is 9.53 Å². The minimum Gasteiger partial charge on any atom is -0.438 e. The Morgan fingerprint density at radius 1 is 1.56 bits per heavy atom. The Bertz CT molecular complexity index is 350. The molecule has 2 atom stereocenters. The Labute approximate surface area is 89.0 Å². The molecule has 1 heterocycles. The maximum absolute atomic E-state index is 11.9. The van der Waals surface area contributed by atoms with E-state index in [1.807, 2.05) is 0 Å². The van der Waals surface area contributed by atoms with Crippen molar-refractivity contribution in [3.05, 3.63) is 18.5 Å². The van der Waals surface area contributed by atoms with E-state index in [9.17, 15) is 18.0 Å². The van der Waals surface area contributed by atoms with Gasteiger partial charge in [0.1, 0.15) is 0 Å². The lowest BCUT2D eigenvalue weighted by atomic mass is 10.3. The summed E-state index contributed by atoms with van der Waals surface area (Å²) in [4.78, 5) is 10.5. The molecule has 1 rings (SSSR count). The fraction of sp³-hybridized carbons (Fsp3) is 0.500. The topological polar surface area (TPSA) is 70.1 Å². The molecule has 0 saturated carbocycles. The normalized spacial score (nSPS) is 15.6. The summed E-state index contributed by atoms with van der Waals surface area (Å²) in [6.07, 6.45) is -3.50. The number of nitrogens with zero attached hydrogens (tertiary/aromatic N) is 2. The van der Waals surface area contributed by atoms with Crippen LogP contribution in [0.1, 0.15) is 13.0 Å². The average molecular weight is 237 g/mol. The van der Waals surface area contributed by atoms with Crippen molar-refractivity contribution in [3.63, 3.8) is 0 Å². The standard InChI is InChI=1S/C8H10F3N3O2/c1-5(14-4-2-3-13-14)6(12)16-7(15)8(9,10)11/h2-6H,12H2,1H3. The van der Waals surface area contributed by atoms with Gasteiger partial charge in [0.15, 0.2) is 6.23 Å². The third-order valence-electron chi connectivity index (χ3n) is 1.89. The van der Waals surface area contributed by atoms with Gasteiger partial charge < -0.3 is 4.74 Å². The van der Waals surface area contributed by atoms with Crippen molar-refractivity contribution in [2.24, 2.45) is 5.73 Å². The van der Waals surface area contributed by atoms with Gasteiger partial charge in [0.05, 0.1) is 6.04 Å². The molecule has 0 bridgehead atoms. The summed E-state index contributed by atoms with van der Waals surface area (Å²) in [5.74, 6) is -2.31. The molecule has 0 fully saturated rings. The van der Waals surface area contributed by atoms with Crippen LogP contribution in [0.25, 0.3) is 0 Å². The van der Waals surface area contributed by atoms with E-state index in [1.165, 1.54) is 24.0 Å². The highest BCUT2D eigenvalue weighted by atomic mass is 19.4. The quantitative estimate of drug-likeness (QED) is 0.624.